The smallest absolute Gasteiger partial charge is 0.185 e. The molecule has 0 saturated carbocycles. The third kappa shape index (κ3) is 11.9. The molecule has 1 atom stereocenters. The van der Waals surface area contributed by atoms with Crippen molar-refractivity contribution < 1.29 is 4.79 Å². The predicted molar refractivity (Wildman–Crippen MR) is 69.3 cm³/mol. The number of hydrogen-bond acceptors (Lipinski definition) is 5. The highest BCUT2D eigenvalue weighted by molar-refractivity contribution is 8.13. The van der Waals surface area contributed by atoms with E-state index in [0.717, 1.165) is 24.3 Å². The molecule has 0 saturated heterocycles. The molecule has 0 aliphatic rings. The summed E-state index contributed by atoms with van der Waals surface area (Å²) in [5, 5.41) is 3.02. The second kappa shape index (κ2) is 10.5. The van der Waals surface area contributed by atoms with Crippen LogP contribution in [0.1, 0.15) is 39.5 Å². The lowest BCUT2D eigenvalue weighted by Gasteiger charge is -2.02. The van der Waals surface area contributed by atoms with Crippen LogP contribution in [-0.4, -0.2) is 22.0 Å². The maximum absolute atomic E-state index is 10.6. The minimum atomic E-state index is -0.113. The Morgan fingerprint density at radius 1 is 1.20 bits per heavy atom. The van der Waals surface area contributed by atoms with Gasteiger partial charge in [0.1, 0.15) is 5.37 Å². The van der Waals surface area contributed by atoms with E-state index in [0.29, 0.717) is 0 Å². The highest BCUT2D eigenvalue weighted by atomic mass is 32.2. The number of nitroso groups, excluding NO2 is 1. The van der Waals surface area contributed by atoms with Crippen LogP contribution in [0.2, 0.25) is 0 Å². The number of unbranched alkanes of at least 4 members (excludes halogenated alkanes) is 3. The Bertz CT molecular complexity index is 188. The summed E-state index contributed by atoms with van der Waals surface area (Å²) in [7, 11) is 0. The van der Waals surface area contributed by atoms with Crippen LogP contribution in [0.3, 0.4) is 0 Å². The van der Waals surface area contributed by atoms with Gasteiger partial charge in [0.2, 0.25) is 0 Å². The van der Waals surface area contributed by atoms with E-state index >= 15 is 0 Å². The Labute approximate surface area is 100 Å². The molecule has 0 heterocycles. The maximum atomic E-state index is 10.6. The summed E-state index contributed by atoms with van der Waals surface area (Å²) in [6.07, 6.45) is 4.59. The van der Waals surface area contributed by atoms with Crippen molar-refractivity contribution in [2.75, 3.05) is 11.5 Å². The Morgan fingerprint density at radius 3 is 2.33 bits per heavy atom. The first-order chi connectivity index (χ1) is 7.16. The van der Waals surface area contributed by atoms with E-state index in [1.807, 2.05) is 6.92 Å². The topological polar surface area (TPSA) is 46.5 Å². The van der Waals surface area contributed by atoms with Gasteiger partial charge in [0.05, 0.1) is 0 Å². The second-order valence-electron chi connectivity index (χ2n) is 3.33. The molecule has 88 valence electrons. The van der Waals surface area contributed by atoms with Gasteiger partial charge in [0.15, 0.2) is 5.12 Å². The van der Waals surface area contributed by atoms with Crippen molar-refractivity contribution in [3.05, 3.63) is 4.91 Å². The first-order valence-corrected chi connectivity index (χ1v) is 7.27. The molecule has 0 aromatic carbocycles. The van der Waals surface area contributed by atoms with Gasteiger partial charge >= 0.3 is 0 Å². The summed E-state index contributed by atoms with van der Waals surface area (Å²) in [6, 6.07) is 0. The summed E-state index contributed by atoms with van der Waals surface area (Å²) < 4.78 is 0. The summed E-state index contributed by atoms with van der Waals surface area (Å²) in [4.78, 5) is 20.7. The first-order valence-electron chi connectivity index (χ1n) is 5.24. The molecular formula is C10H19NO2S2. The quantitative estimate of drug-likeness (QED) is 0.462. The number of hydrogen-bond donors (Lipinski definition) is 0. The molecule has 0 aromatic heterocycles. The summed E-state index contributed by atoms with van der Waals surface area (Å²) in [5.41, 5.74) is 0. The zero-order valence-electron chi connectivity index (χ0n) is 9.40. The minimum absolute atomic E-state index is 0.113. The van der Waals surface area contributed by atoms with Crippen LogP contribution < -0.4 is 0 Å². The van der Waals surface area contributed by atoms with E-state index < -0.39 is 0 Å². The predicted octanol–water partition coefficient (Wildman–Crippen LogP) is 3.67. The van der Waals surface area contributed by atoms with Gasteiger partial charge in [-0.25, -0.2) is 0 Å². The van der Waals surface area contributed by atoms with E-state index in [-0.39, 0.29) is 10.5 Å². The Balaban J connectivity index is 3.05. The van der Waals surface area contributed by atoms with E-state index in [1.54, 1.807) is 18.7 Å². The summed E-state index contributed by atoms with van der Waals surface area (Å²) >= 11 is 3.01. The lowest BCUT2D eigenvalue weighted by atomic mass is 10.2. The van der Waals surface area contributed by atoms with Crippen molar-refractivity contribution in [3.8, 4) is 0 Å². The molecule has 0 N–H and O–H groups in total. The van der Waals surface area contributed by atoms with Crippen LogP contribution in [0.4, 0.5) is 0 Å². The van der Waals surface area contributed by atoms with Gasteiger partial charge in [-0.3, -0.25) is 4.79 Å². The molecule has 0 aliphatic heterocycles. The van der Waals surface area contributed by atoms with Crippen molar-refractivity contribution >= 4 is 28.6 Å². The normalized spacial score (nSPS) is 12.4. The fourth-order valence-electron chi connectivity index (χ4n) is 1.06. The molecule has 0 amide bonds. The minimum Gasteiger partial charge on any atom is -0.288 e. The average Bonchev–Trinajstić information content (AvgIpc) is 2.21. The largest absolute Gasteiger partial charge is 0.288 e. The molecule has 0 bridgehead atoms. The van der Waals surface area contributed by atoms with E-state index in [1.165, 1.54) is 24.6 Å². The standard InChI is InChI=1S/C10H19NO2S2/c1-9(11-13)14-7-5-3-4-6-8-15-10(2)12/h9H,3-8H2,1-2H3. The van der Waals surface area contributed by atoms with E-state index in [4.69, 9.17) is 0 Å². The fourth-order valence-corrected chi connectivity index (χ4v) is 2.47. The molecule has 0 radical (unpaired) electrons. The van der Waals surface area contributed by atoms with Gasteiger partial charge in [-0.15, -0.1) is 16.7 Å². The van der Waals surface area contributed by atoms with E-state index in [2.05, 4.69) is 5.18 Å². The van der Waals surface area contributed by atoms with Gasteiger partial charge < -0.3 is 0 Å². The van der Waals surface area contributed by atoms with Gasteiger partial charge in [-0.1, -0.05) is 29.8 Å². The van der Waals surface area contributed by atoms with Gasteiger partial charge in [-0.05, 0) is 25.5 Å². The number of carbonyl (C=O) groups is 1. The zero-order valence-corrected chi connectivity index (χ0v) is 11.0. The van der Waals surface area contributed by atoms with Gasteiger partial charge in [-0.2, -0.15) is 0 Å². The Hall–Kier alpha value is -0.0300. The van der Waals surface area contributed by atoms with Crippen LogP contribution >= 0.6 is 23.5 Å². The first kappa shape index (κ1) is 15.0. The third-order valence-electron chi connectivity index (χ3n) is 1.85. The van der Waals surface area contributed by atoms with Crippen molar-refractivity contribution in [2.45, 2.75) is 44.9 Å². The molecule has 0 spiro atoms. The SMILES string of the molecule is CC(=O)SCCCCCCSC(C)N=O. The van der Waals surface area contributed by atoms with Gasteiger partial charge in [0, 0.05) is 12.7 Å². The molecule has 0 rings (SSSR count). The summed E-state index contributed by atoms with van der Waals surface area (Å²) in [6.45, 7) is 3.43. The van der Waals surface area contributed by atoms with Crippen LogP contribution in [-0.2, 0) is 4.79 Å². The van der Waals surface area contributed by atoms with Crippen molar-refractivity contribution in [1.82, 2.24) is 0 Å². The molecule has 0 aliphatic carbocycles. The monoisotopic (exact) mass is 249 g/mol. The molecule has 15 heavy (non-hydrogen) atoms. The van der Waals surface area contributed by atoms with Crippen LogP contribution in [0.15, 0.2) is 5.18 Å². The second-order valence-corrected chi connectivity index (χ2v) is 6.03. The van der Waals surface area contributed by atoms with E-state index in [9.17, 15) is 9.70 Å². The van der Waals surface area contributed by atoms with Crippen molar-refractivity contribution in [2.24, 2.45) is 5.18 Å². The Kier molecular flexibility index (Phi) is 10.5. The van der Waals surface area contributed by atoms with Crippen LogP contribution in [0.25, 0.3) is 0 Å². The molecule has 1 unspecified atom stereocenters. The Morgan fingerprint density at radius 2 is 1.80 bits per heavy atom. The third-order valence-corrected chi connectivity index (χ3v) is 3.84. The van der Waals surface area contributed by atoms with Crippen molar-refractivity contribution in [1.29, 1.82) is 0 Å². The summed E-state index contributed by atoms with van der Waals surface area (Å²) in [5.74, 6) is 1.95. The molecular weight excluding hydrogens is 230 g/mol. The van der Waals surface area contributed by atoms with Crippen molar-refractivity contribution in [3.63, 3.8) is 0 Å². The zero-order chi connectivity index (χ0) is 11.5. The molecule has 3 nitrogen and oxygen atoms in total. The fraction of sp³-hybridized carbons (Fsp3) is 0.900. The van der Waals surface area contributed by atoms with Gasteiger partial charge in [0.25, 0.3) is 0 Å². The highest BCUT2D eigenvalue weighted by Crippen LogP contribution is 2.15. The lowest BCUT2D eigenvalue weighted by Crippen LogP contribution is -1.92. The lowest BCUT2D eigenvalue weighted by molar-refractivity contribution is -0.109. The average molecular weight is 249 g/mol. The molecule has 5 heteroatoms. The number of thioether (sulfide) groups is 2. The highest BCUT2D eigenvalue weighted by Gasteiger charge is 2.00. The van der Waals surface area contributed by atoms with Crippen LogP contribution in [0, 0.1) is 4.91 Å². The molecule has 0 fully saturated rings. The number of nitrogens with zero attached hydrogens (tertiary/aromatic N) is 1. The molecule has 0 aromatic rings. The number of rotatable bonds is 9. The maximum Gasteiger partial charge on any atom is 0.185 e. The van der Waals surface area contributed by atoms with Crippen LogP contribution in [0.5, 0.6) is 0 Å². The number of carbonyl (C=O) groups excluding carboxylic acids is 1.